The minimum atomic E-state index is -4.15. The molecule has 1 aromatic heterocycles. The summed E-state index contributed by atoms with van der Waals surface area (Å²) in [5.74, 6) is -3.29. The number of aromatic nitrogens is 3. The summed E-state index contributed by atoms with van der Waals surface area (Å²) in [5, 5.41) is 8.80. The molecule has 166 valence electrons. The Morgan fingerprint density at radius 2 is 1.94 bits per heavy atom. The third-order valence-corrected chi connectivity index (χ3v) is 6.13. The molecule has 0 fully saturated rings. The number of nitrogens with zero attached hydrogens (tertiary/aromatic N) is 3. The molecule has 2 atom stereocenters. The standard InChI is InChI=1S/C18H21FN6O5S/c1-10(2)15(24-31(29,30)12-5-3-11(19)4-6-12)17(27)23-13-8-25-14(21-9-22-25)7-20-18(28)16(13)26/h3-6,9-10,13,15,24H,7-8H2,1-2H3,(H,20,28)(H,23,27). The number of carbonyl (C=O) groups excluding carboxylic acids is 3. The summed E-state index contributed by atoms with van der Waals surface area (Å²) in [4.78, 5) is 41.1. The number of fused-ring (bicyclic) bond motifs is 1. The van der Waals surface area contributed by atoms with Crippen molar-refractivity contribution in [3.63, 3.8) is 0 Å². The number of Topliss-reactive ketones (excluding diaryl/α,β-unsaturated/α-hetero) is 1. The van der Waals surface area contributed by atoms with E-state index < -0.39 is 51.4 Å². The van der Waals surface area contributed by atoms with Gasteiger partial charge in [0.05, 0.1) is 18.0 Å². The minimum absolute atomic E-state index is 0.0112. The van der Waals surface area contributed by atoms with Crippen LogP contribution in [0.2, 0.25) is 0 Å². The maximum atomic E-state index is 13.1. The van der Waals surface area contributed by atoms with E-state index >= 15 is 0 Å². The molecule has 2 heterocycles. The summed E-state index contributed by atoms with van der Waals surface area (Å²) in [6.45, 7) is 3.10. The number of ketones is 1. The number of halogens is 1. The van der Waals surface area contributed by atoms with Gasteiger partial charge < -0.3 is 10.6 Å². The first kappa shape index (κ1) is 22.5. The summed E-state index contributed by atoms with van der Waals surface area (Å²) >= 11 is 0. The molecule has 2 amide bonds. The van der Waals surface area contributed by atoms with Gasteiger partial charge in [0, 0.05) is 0 Å². The zero-order chi connectivity index (χ0) is 22.8. The monoisotopic (exact) mass is 452 g/mol. The van der Waals surface area contributed by atoms with Crippen molar-refractivity contribution in [2.45, 2.75) is 43.9 Å². The Balaban J connectivity index is 1.80. The molecule has 31 heavy (non-hydrogen) atoms. The van der Waals surface area contributed by atoms with Crippen LogP contribution in [0.25, 0.3) is 0 Å². The molecule has 0 aliphatic carbocycles. The average Bonchev–Trinajstić information content (AvgIpc) is 3.15. The Kier molecular flexibility index (Phi) is 6.45. The number of benzene rings is 1. The second-order valence-electron chi connectivity index (χ2n) is 7.26. The van der Waals surface area contributed by atoms with Crippen molar-refractivity contribution >= 4 is 27.6 Å². The lowest BCUT2D eigenvalue weighted by Crippen LogP contribution is -2.57. The van der Waals surface area contributed by atoms with Gasteiger partial charge in [0.1, 0.15) is 30.1 Å². The van der Waals surface area contributed by atoms with Crippen molar-refractivity contribution in [2.24, 2.45) is 5.92 Å². The number of hydrogen-bond donors (Lipinski definition) is 3. The second kappa shape index (κ2) is 8.89. The van der Waals surface area contributed by atoms with Crippen LogP contribution in [0.3, 0.4) is 0 Å². The number of sulfonamides is 1. The molecule has 3 rings (SSSR count). The normalized spacial score (nSPS) is 18.0. The average molecular weight is 452 g/mol. The molecule has 2 aromatic rings. The maximum absolute atomic E-state index is 13.1. The highest BCUT2D eigenvalue weighted by molar-refractivity contribution is 7.89. The quantitative estimate of drug-likeness (QED) is 0.481. The zero-order valence-electron chi connectivity index (χ0n) is 16.7. The van der Waals surface area contributed by atoms with Crippen molar-refractivity contribution < 1.29 is 27.2 Å². The lowest BCUT2D eigenvalue weighted by molar-refractivity contribution is -0.141. The SMILES string of the molecule is CC(C)C(NS(=O)(=O)c1ccc(F)cc1)C(=O)NC1Cn2ncnc2CNC(=O)C1=O. The molecular weight excluding hydrogens is 431 g/mol. The molecule has 1 aromatic carbocycles. The fourth-order valence-electron chi connectivity index (χ4n) is 2.95. The van der Waals surface area contributed by atoms with Crippen LogP contribution in [0.15, 0.2) is 35.5 Å². The van der Waals surface area contributed by atoms with Crippen molar-refractivity contribution in [1.29, 1.82) is 0 Å². The summed E-state index contributed by atoms with van der Waals surface area (Å²) in [7, 11) is -4.15. The highest BCUT2D eigenvalue weighted by Crippen LogP contribution is 2.13. The summed E-state index contributed by atoms with van der Waals surface area (Å²) in [5.41, 5.74) is 0. The van der Waals surface area contributed by atoms with Gasteiger partial charge in [0.2, 0.25) is 21.7 Å². The van der Waals surface area contributed by atoms with Gasteiger partial charge in [-0.3, -0.25) is 14.4 Å². The lowest BCUT2D eigenvalue weighted by atomic mass is 10.0. The number of nitrogens with one attached hydrogen (secondary N) is 3. The molecule has 1 aliphatic rings. The van der Waals surface area contributed by atoms with E-state index in [1.165, 1.54) is 11.0 Å². The van der Waals surface area contributed by atoms with Crippen LogP contribution in [0.4, 0.5) is 4.39 Å². The number of rotatable bonds is 6. The van der Waals surface area contributed by atoms with Crippen molar-refractivity contribution in [1.82, 2.24) is 30.1 Å². The summed E-state index contributed by atoms with van der Waals surface area (Å²) in [6.07, 6.45) is 1.25. The lowest BCUT2D eigenvalue weighted by Gasteiger charge is -2.25. The molecule has 2 unspecified atom stereocenters. The van der Waals surface area contributed by atoms with Gasteiger partial charge >= 0.3 is 0 Å². The third kappa shape index (κ3) is 5.11. The van der Waals surface area contributed by atoms with E-state index in [0.717, 1.165) is 24.3 Å². The zero-order valence-corrected chi connectivity index (χ0v) is 17.5. The van der Waals surface area contributed by atoms with Crippen LogP contribution in [0, 0.1) is 11.7 Å². The summed E-state index contributed by atoms with van der Waals surface area (Å²) in [6, 6.07) is 1.58. The first-order valence-corrected chi connectivity index (χ1v) is 10.8. The van der Waals surface area contributed by atoms with Gasteiger partial charge in [-0.2, -0.15) is 9.82 Å². The molecule has 0 radical (unpaired) electrons. The van der Waals surface area contributed by atoms with Gasteiger partial charge in [0.25, 0.3) is 5.91 Å². The number of amides is 2. The Morgan fingerprint density at radius 3 is 2.58 bits per heavy atom. The minimum Gasteiger partial charge on any atom is -0.342 e. The van der Waals surface area contributed by atoms with Crippen LogP contribution in [0.1, 0.15) is 19.7 Å². The van der Waals surface area contributed by atoms with Crippen LogP contribution in [-0.4, -0.2) is 52.9 Å². The van der Waals surface area contributed by atoms with E-state index in [1.807, 2.05) is 0 Å². The van der Waals surface area contributed by atoms with E-state index in [9.17, 15) is 27.2 Å². The molecule has 11 nitrogen and oxygen atoms in total. The first-order chi connectivity index (χ1) is 14.6. The molecule has 3 N–H and O–H groups in total. The molecule has 0 saturated heterocycles. The second-order valence-corrected chi connectivity index (χ2v) is 8.98. The third-order valence-electron chi connectivity index (χ3n) is 4.67. The molecule has 0 bridgehead atoms. The first-order valence-electron chi connectivity index (χ1n) is 9.35. The molecule has 13 heteroatoms. The van der Waals surface area contributed by atoms with Gasteiger partial charge in [-0.05, 0) is 30.2 Å². The summed E-state index contributed by atoms with van der Waals surface area (Å²) < 4.78 is 42.0. The predicted octanol–water partition coefficient (Wildman–Crippen LogP) is -0.896. The van der Waals surface area contributed by atoms with Crippen molar-refractivity contribution in [3.8, 4) is 0 Å². The topological polar surface area (TPSA) is 152 Å². The maximum Gasteiger partial charge on any atom is 0.290 e. The van der Waals surface area contributed by atoms with E-state index in [1.54, 1.807) is 13.8 Å². The molecule has 0 spiro atoms. The molecule has 1 aliphatic heterocycles. The Hall–Kier alpha value is -3.19. The Bertz CT molecular complexity index is 1100. The Morgan fingerprint density at radius 1 is 1.26 bits per heavy atom. The van der Waals surface area contributed by atoms with Crippen molar-refractivity contribution in [3.05, 3.63) is 42.2 Å². The van der Waals surface area contributed by atoms with Gasteiger partial charge in [-0.1, -0.05) is 13.8 Å². The predicted molar refractivity (Wildman–Crippen MR) is 104 cm³/mol. The van der Waals surface area contributed by atoms with E-state index in [4.69, 9.17) is 0 Å². The highest BCUT2D eigenvalue weighted by Gasteiger charge is 2.35. The fourth-order valence-corrected chi connectivity index (χ4v) is 4.30. The molecular formula is C18H21FN6O5S. The van der Waals surface area contributed by atoms with E-state index in [0.29, 0.717) is 5.82 Å². The van der Waals surface area contributed by atoms with Crippen molar-refractivity contribution in [2.75, 3.05) is 0 Å². The Labute approximate surface area is 177 Å². The van der Waals surface area contributed by atoms with Gasteiger partial charge in [-0.25, -0.2) is 22.5 Å². The van der Waals surface area contributed by atoms with E-state index in [2.05, 4.69) is 25.4 Å². The van der Waals surface area contributed by atoms with Crippen LogP contribution in [-0.2, 0) is 37.5 Å². The van der Waals surface area contributed by atoms with Crippen LogP contribution < -0.4 is 15.4 Å². The highest BCUT2D eigenvalue weighted by atomic mass is 32.2. The number of carbonyl (C=O) groups is 3. The molecule has 0 saturated carbocycles. The van der Waals surface area contributed by atoms with Crippen LogP contribution in [0.5, 0.6) is 0 Å². The smallest absolute Gasteiger partial charge is 0.290 e. The van der Waals surface area contributed by atoms with E-state index in [-0.39, 0.29) is 18.0 Å². The van der Waals surface area contributed by atoms with Gasteiger partial charge in [-0.15, -0.1) is 0 Å². The number of hydrogen-bond acceptors (Lipinski definition) is 7. The van der Waals surface area contributed by atoms with Gasteiger partial charge in [0.15, 0.2) is 0 Å². The fraction of sp³-hybridized carbons (Fsp3) is 0.389. The van der Waals surface area contributed by atoms with Crippen LogP contribution >= 0.6 is 0 Å². The largest absolute Gasteiger partial charge is 0.342 e.